The first kappa shape index (κ1) is 16.4. The number of nitrogens with zero attached hydrogens (tertiary/aromatic N) is 2. The molecule has 1 amide bonds. The molecule has 3 aromatic rings. The number of aryl methyl sites for hydroxylation is 1. The minimum atomic E-state index is -0.367. The third-order valence-electron chi connectivity index (χ3n) is 4.69. The van der Waals surface area contributed by atoms with Gasteiger partial charge in [-0.05, 0) is 35.7 Å². The largest absolute Gasteiger partial charge is 0.497 e. The summed E-state index contributed by atoms with van der Waals surface area (Å²) in [5.41, 5.74) is 4.01. The summed E-state index contributed by atoms with van der Waals surface area (Å²) in [6.45, 7) is 3.06. The Morgan fingerprint density at radius 1 is 1.19 bits per heavy atom. The maximum Gasteiger partial charge on any atom is 0.417 e. The summed E-state index contributed by atoms with van der Waals surface area (Å²) in [7, 11) is 1.63. The molecule has 0 fully saturated rings. The van der Waals surface area contributed by atoms with Crippen LogP contribution >= 0.6 is 0 Å². The number of ether oxygens (including phenoxy) is 2. The summed E-state index contributed by atoms with van der Waals surface area (Å²) >= 11 is 0. The number of amides is 1. The molecule has 0 radical (unpaired) electrons. The van der Waals surface area contributed by atoms with Gasteiger partial charge in [-0.25, -0.2) is 9.78 Å². The van der Waals surface area contributed by atoms with Crippen molar-refractivity contribution in [2.45, 2.75) is 26.4 Å². The van der Waals surface area contributed by atoms with Crippen LogP contribution < -0.4 is 9.47 Å². The van der Waals surface area contributed by atoms with Crippen LogP contribution in [0.15, 0.2) is 48.5 Å². The Morgan fingerprint density at radius 2 is 2.00 bits per heavy atom. The number of aromatic nitrogens is 1. The van der Waals surface area contributed by atoms with Crippen LogP contribution in [0.5, 0.6) is 11.6 Å². The summed E-state index contributed by atoms with van der Waals surface area (Å²) < 4.78 is 10.7. The monoisotopic (exact) mass is 348 g/mol. The summed E-state index contributed by atoms with van der Waals surface area (Å²) in [6, 6.07) is 15.9. The number of para-hydroxylation sites is 1. The fourth-order valence-electron chi connectivity index (χ4n) is 3.26. The lowest BCUT2D eigenvalue weighted by atomic mass is 10.1. The molecular formula is C21H20N2O3. The molecule has 5 heteroatoms. The van der Waals surface area contributed by atoms with Crippen LogP contribution in [0.4, 0.5) is 4.79 Å². The van der Waals surface area contributed by atoms with Crippen LogP contribution in [-0.4, -0.2) is 23.1 Å². The van der Waals surface area contributed by atoms with Gasteiger partial charge >= 0.3 is 6.09 Å². The molecular weight excluding hydrogens is 328 g/mol. The molecule has 2 heterocycles. The molecule has 1 aromatic heterocycles. The summed E-state index contributed by atoms with van der Waals surface area (Å²) in [4.78, 5) is 18.7. The molecule has 0 atom stereocenters. The standard InChI is InChI=1S/C21H20N2O3/c1-3-15-5-4-6-16-11-17-13-23(21(24)26-20(17)22-19(15)16)12-14-7-9-18(25-2)10-8-14/h4-11H,3,12-13H2,1-2H3. The molecule has 0 bridgehead atoms. The number of carbonyl (C=O) groups is 1. The van der Waals surface area contributed by atoms with Gasteiger partial charge in [0.2, 0.25) is 5.88 Å². The Balaban J connectivity index is 1.63. The fourth-order valence-corrected chi connectivity index (χ4v) is 3.26. The van der Waals surface area contributed by atoms with Crippen LogP contribution in [0.25, 0.3) is 10.9 Å². The van der Waals surface area contributed by atoms with E-state index in [1.807, 2.05) is 36.4 Å². The maximum absolute atomic E-state index is 12.4. The molecule has 0 saturated heterocycles. The molecule has 0 aliphatic carbocycles. The molecule has 0 N–H and O–H groups in total. The molecule has 4 rings (SSSR count). The zero-order valence-electron chi connectivity index (χ0n) is 14.9. The molecule has 1 aliphatic heterocycles. The van der Waals surface area contributed by atoms with Gasteiger partial charge in [0.05, 0.1) is 19.2 Å². The van der Waals surface area contributed by atoms with Gasteiger partial charge in [0.25, 0.3) is 0 Å². The predicted octanol–water partition coefficient (Wildman–Crippen LogP) is 4.32. The van der Waals surface area contributed by atoms with Gasteiger partial charge in [-0.15, -0.1) is 0 Å². The van der Waals surface area contributed by atoms with E-state index < -0.39 is 0 Å². The number of hydrogen-bond acceptors (Lipinski definition) is 4. The van der Waals surface area contributed by atoms with E-state index in [9.17, 15) is 4.79 Å². The van der Waals surface area contributed by atoms with Crippen molar-refractivity contribution in [1.29, 1.82) is 0 Å². The zero-order chi connectivity index (χ0) is 18.1. The first-order valence-electron chi connectivity index (χ1n) is 8.69. The topological polar surface area (TPSA) is 51.7 Å². The number of methoxy groups -OCH3 is 1. The van der Waals surface area contributed by atoms with Crippen LogP contribution in [-0.2, 0) is 19.5 Å². The lowest BCUT2D eigenvalue weighted by Gasteiger charge is -2.27. The number of fused-ring (bicyclic) bond motifs is 2. The van der Waals surface area contributed by atoms with Crippen molar-refractivity contribution in [2.24, 2.45) is 0 Å². The van der Waals surface area contributed by atoms with E-state index in [2.05, 4.69) is 24.0 Å². The number of pyridine rings is 1. The molecule has 5 nitrogen and oxygen atoms in total. The van der Waals surface area contributed by atoms with E-state index >= 15 is 0 Å². The van der Waals surface area contributed by atoms with E-state index in [0.29, 0.717) is 19.0 Å². The van der Waals surface area contributed by atoms with Crippen molar-refractivity contribution >= 4 is 17.0 Å². The molecule has 1 aliphatic rings. The molecule has 0 spiro atoms. The Bertz CT molecular complexity index is 967. The Kier molecular flexibility index (Phi) is 4.21. The third kappa shape index (κ3) is 2.96. The molecule has 26 heavy (non-hydrogen) atoms. The number of hydrogen-bond donors (Lipinski definition) is 0. The fraction of sp³-hybridized carbons (Fsp3) is 0.238. The minimum Gasteiger partial charge on any atom is -0.497 e. The molecule has 0 unspecified atom stereocenters. The van der Waals surface area contributed by atoms with Crippen molar-refractivity contribution in [3.63, 3.8) is 0 Å². The second-order valence-electron chi connectivity index (χ2n) is 6.37. The minimum absolute atomic E-state index is 0.367. The zero-order valence-corrected chi connectivity index (χ0v) is 14.9. The van der Waals surface area contributed by atoms with Crippen molar-refractivity contribution in [2.75, 3.05) is 7.11 Å². The quantitative estimate of drug-likeness (QED) is 0.704. The summed E-state index contributed by atoms with van der Waals surface area (Å²) in [5.74, 6) is 1.22. The number of benzene rings is 2. The highest BCUT2D eigenvalue weighted by Gasteiger charge is 2.26. The third-order valence-corrected chi connectivity index (χ3v) is 4.69. The number of carbonyl (C=O) groups excluding carboxylic acids is 1. The predicted molar refractivity (Wildman–Crippen MR) is 99.4 cm³/mol. The summed E-state index contributed by atoms with van der Waals surface area (Å²) in [5, 5.41) is 1.07. The van der Waals surface area contributed by atoms with Crippen molar-refractivity contribution in [3.05, 3.63) is 65.2 Å². The first-order valence-corrected chi connectivity index (χ1v) is 8.69. The van der Waals surface area contributed by atoms with Gasteiger partial charge in [-0.1, -0.05) is 37.3 Å². The summed E-state index contributed by atoms with van der Waals surface area (Å²) in [6.07, 6.45) is 0.523. The SMILES string of the molecule is CCc1cccc2cc3c(nc12)OC(=O)N(Cc1ccc(OC)cc1)C3. The van der Waals surface area contributed by atoms with E-state index in [4.69, 9.17) is 9.47 Å². The van der Waals surface area contributed by atoms with Crippen molar-refractivity contribution in [3.8, 4) is 11.6 Å². The van der Waals surface area contributed by atoms with Gasteiger partial charge < -0.3 is 9.47 Å². The smallest absolute Gasteiger partial charge is 0.417 e. The second-order valence-corrected chi connectivity index (χ2v) is 6.37. The van der Waals surface area contributed by atoms with Gasteiger partial charge in [-0.2, -0.15) is 0 Å². The average Bonchev–Trinajstić information content (AvgIpc) is 2.67. The van der Waals surface area contributed by atoms with E-state index in [1.165, 1.54) is 0 Å². The van der Waals surface area contributed by atoms with E-state index in [0.717, 1.165) is 39.8 Å². The lowest BCUT2D eigenvalue weighted by Crippen LogP contribution is -2.36. The molecule has 0 saturated carbocycles. The van der Waals surface area contributed by atoms with Crippen LogP contribution in [0.1, 0.15) is 23.6 Å². The molecule has 132 valence electrons. The number of rotatable bonds is 4. The Morgan fingerprint density at radius 3 is 2.73 bits per heavy atom. The highest BCUT2D eigenvalue weighted by Crippen LogP contribution is 2.30. The van der Waals surface area contributed by atoms with E-state index in [-0.39, 0.29) is 6.09 Å². The highest BCUT2D eigenvalue weighted by atomic mass is 16.6. The normalized spacial score (nSPS) is 13.5. The maximum atomic E-state index is 12.4. The Labute approximate surface area is 152 Å². The highest BCUT2D eigenvalue weighted by molar-refractivity contribution is 5.84. The van der Waals surface area contributed by atoms with Gasteiger partial charge in [0.15, 0.2) is 0 Å². The average molecular weight is 348 g/mol. The van der Waals surface area contributed by atoms with Crippen LogP contribution in [0, 0.1) is 0 Å². The van der Waals surface area contributed by atoms with Crippen LogP contribution in [0.3, 0.4) is 0 Å². The van der Waals surface area contributed by atoms with Crippen LogP contribution in [0.2, 0.25) is 0 Å². The first-order chi connectivity index (χ1) is 12.7. The second kappa shape index (κ2) is 6.67. The molecule has 2 aromatic carbocycles. The van der Waals surface area contributed by atoms with Crippen molar-refractivity contribution < 1.29 is 14.3 Å². The van der Waals surface area contributed by atoms with Gasteiger partial charge in [0, 0.05) is 17.5 Å². The van der Waals surface area contributed by atoms with Gasteiger partial charge in [0.1, 0.15) is 5.75 Å². The van der Waals surface area contributed by atoms with Crippen molar-refractivity contribution in [1.82, 2.24) is 9.88 Å². The van der Waals surface area contributed by atoms with Gasteiger partial charge in [-0.3, -0.25) is 4.90 Å². The Hall–Kier alpha value is -3.08. The van der Waals surface area contributed by atoms with E-state index in [1.54, 1.807) is 12.0 Å². The lowest BCUT2D eigenvalue weighted by molar-refractivity contribution is 0.133.